The lowest BCUT2D eigenvalue weighted by atomic mass is 10.1. The molecule has 5 atom stereocenters. The van der Waals surface area contributed by atoms with Gasteiger partial charge in [-0.05, 0) is 77.0 Å². The number of hydrogen-bond donors (Lipinski definition) is 5. The number of unbranched alkanes of at least 4 members (excludes halogenated alkanes) is 13. The lowest BCUT2D eigenvalue weighted by Crippen LogP contribution is -2.25. The topological polar surface area (TPSA) is 225 Å². The smallest absolute Gasteiger partial charge is 0.463 e. The van der Waals surface area contributed by atoms with E-state index < -0.39 is 85.5 Å². The number of allylic oxidation sites excluding steroid dienone is 14. The van der Waals surface area contributed by atoms with Gasteiger partial charge in [-0.1, -0.05) is 163 Å². The molecule has 0 radical (unpaired) electrons. The molecule has 0 saturated carbocycles. The molecule has 0 fully saturated rings. The van der Waals surface area contributed by atoms with E-state index in [2.05, 4.69) is 98.8 Å². The van der Waals surface area contributed by atoms with Gasteiger partial charge in [0.25, 0.3) is 0 Å². The largest absolute Gasteiger partial charge is 0.472 e. The Hall–Kier alpha value is -2.78. The third kappa shape index (κ3) is 48.3. The van der Waals surface area contributed by atoms with Gasteiger partial charge in [0.05, 0.1) is 26.4 Å². The van der Waals surface area contributed by atoms with Crippen molar-refractivity contribution in [2.24, 2.45) is 0 Å². The van der Waals surface area contributed by atoms with Crippen LogP contribution in [0.25, 0.3) is 0 Å². The summed E-state index contributed by atoms with van der Waals surface area (Å²) in [5.41, 5.74) is 0. The molecule has 0 spiro atoms. The van der Waals surface area contributed by atoms with Crippen LogP contribution in [0, 0.1) is 0 Å². The van der Waals surface area contributed by atoms with Crippen LogP contribution in [-0.2, 0) is 46.3 Å². The fraction of sp³-hybridized carbons (Fsp3) is 0.686. The van der Waals surface area contributed by atoms with Crippen LogP contribution >= 0.6 is 15.6 Å². The maximum Gasteiger partial charge on any atom is 0.472 e. The molecule has 68 heavy (non-hydrogen) atoms. The number of esters is 2. The van der Waals surface area contributed by atoms with Gasteiger partial charge in [0.15, 0.2) is 0 Å². The van der Waals surface area contributed by atoms with E-state index in [0.29, 0.717) is 19.3 Å². The van der Waals surface area contributed by atoms with Gasteiger partial charge >= 0.3 is 27.6 Å². The van der Waals surface area contributed by atoms with Gasteiger partial charge in [0.1, 0.15) is 31.5 Å². The van der Waals surface area contributed by atoms with Gasteiger partial charge in [-0.3, -0.25) is 27.7 Å². The Balaban J connectivity index is 3.96. The summed E-state index contributed by atoms with van der Waals surface area (Å²) in [6.45, 7) is 0.199. The number of carbonyl (C=O) groups is 2. The van der Waals surface area contributed by atoms with Crippen LogP contribution < -0.4 is 0 Å². The number of ether oxygens (including phenoxy) is 2. The maximum atomic E-state index is 12.2. The second kappa shape index (κ2) is 46.6. The molecule has 0 amide bonds. The summed E-state index contributed by atoms with van der Waals surface area (Å²) in [7, 11) is -9.60. The summed E-state index contributed by atoms with van der Waals surface area (Å²) in [4.78, 5) is 43.8. The van der Waals surface area contributed by atoms with Gasteiger partial charge in [-0.2, -0.15) is 0 Å². The van der Waals surface area contributed by atoms with Crippen molar-refractivity contribution >= 4 is 27.6 Å². The highest BCUT2D eigenvalue weighted by molar-refractivity contribution is 7.47. The highest BCUT2D eigenvalue weighted by Crippen LogP contribution is 2.45. The van der Waals surface area contributed by atoms with Gasteiger partial charge in [-0.15, -0.1) is 0 Å². The molecule has 0 rings (SSSR count). The molecule has 15 nitrogen and oxygen atoms in total. The van der Waals surface area contributed by atoms with E-state index in [-0.39, 0.29) is 12.8 Å². The highest BCUT2D eigenvalue weighted by atomic mass is 31.2. The molecule has 17 heteroatoms. The molecule has 0 bridgehead atoms. The molecule has 0 aromatic rings. The Morgan fingerprint density at radius 3 is 1.10 bits per heavy atom. The van der Waals surface area contributed by atoms with Gasteiger partial charge in [0, 0.05) is 12.8 Å². The first-order chi connectivity index (χ1) is 32.8. The maximum absolute atomic E-state index is 12.2. The third-order valence-corrected chi connectivity index (χ3v) is 11.7. The number of phosphoric ester groups is 2. The molecule has 5 unspecified atom stereocenters. The van der Waals surface area contributed by atoms with E-state index in [1.54, 1.807) is 0 Å². The zero-order valence-electron chi connectivity index (χ0n) is 41.2. The van der Waals surface area contributed by atoms with Crippen molar-refractivity contribution in [2.75, 3.05) is 39.6 Å². The fourth-order valence-electron chi connectivity index (χ4n) is 6.00. The van der Waals surface area contributed by atoms with Crippen LogP contribution in [-0.4, -0.2) is 95.0 Å². The SMILES string of the molecule is CC/C=C\C/C=C\C/C=C\C/C=C\C/C=C\C/C=C\CCC(=O)OCC(O)COP(=O)(O)OCC(O)COP(=O)(O)OCC(O)COC(=O)CCCCCCCCC/C=C/CCCCCCCC. The minimum absolute atomic E-state index is 0.0672. The average Bonchev–Trinajstić information content (AvgIpc) is 3.31. The zero-order valence-corrected chi connectivity index (χ0v) is 43.0. The summed E-state index contributed by atoms with van der Waals surface area (Å²) in [5, 5.41) is 30.0. The van der Waals surface area contributed by atoms with Gasteiger partial charge in [-0.25, -0.2) is 9.13 Å². The van der Waals surface area contributed by atoms with Crippen molar-refractivity contribution < 1.29 is 71.4 Å². The first-order valence-electron chi connectivity index (χ1n) is 24.9. The van der Waals surface area contributed by atoms with Crippen LogP contribution in [0.3, 0.4) is 0 Å². The molecule has 392 valence electrons. The van der Waals surface area contributed by atoms with Crippen molar-refractivity contribution in [3.63, 3.8) is 0 Å². The number of rotatable bonds is 47. The minimum Gasteiger partial charge on any atom is -0.463 e. The predicted molar refractivity (Wildman–Crippen MR) is 270 cm³/mol. The molecule has 5 N–H and O–H groups in total. The van der Waals surface area contributed by atoms with E-state index in [9.17, 15) is 43.8 Å². The highest BCUT2D eigenvalue weighted by Gasteiger charge is 2.28. The lowest BCUT2D eigenvalue weighted by Gasteiger charge is -2.19. The van der Waals surface area contributed by atoms with Crippen molar-refractivity contribution in [2.45, 2.75) is 186 Å². The van der Waals surface area contributed by atoms with Crippen LogP contribution in [0.15, 0.2) is 85.1 Å². The number of carbonyl (C=O) groups excluding carboxylic acids is 2. The molecule has 0 heterocycles. The van der Waals surface area contributed by atoms with Crippen LogP contribution in [0.2, 0.25) is 0 Å². The second-order valence-corrected chi connectivity index (χ2v) is 19.3. The number of aliphatic hydroxyl groups excluding tert-OH is 3. The first kappa shape index (κ1) is 65.2. The molecule has 0 aliphatic carbocycles. The fourth-order valence-corrected chi connectivity index (χ4v) is 7.59. The van der Waals surface area contributed by atoms with Gasteiger partial charge in [0.2, 0.25) is 0 Å². The Bertz CT molecular complexity index is 1540. The number of phosphoric acid groups is 2. The van der Waals surface area contributed by atoms with E-state index >= 15 is 0 Å². The molecule has 0 saturated heterocycles. The monoisotopic (exact) mass is 1000 g/mol. The normalized spacial score (nSPS) is 15.7. The van der Waals surface area contributed by atoms with Crippen molar-refractivity contribution in [1.29, 1.82) is 0 Å². The Morgan fingerprint density at radius 1 is 0.397 bits per heavy atom. The molecule has 0 aliphatic rings. The lowest BCUT2D eigenvalue weighted by molar-refractivity contribution is -0.148. The standard InChI is InChI=1S/C51H88O15P2/c1-3-5-7-9-11-13-15-17-19-21-22-24-26-28-30-32-34-36-38-40-51(56)62-42-48(53)44-64-68(59,60)66-46-49(54)45-65-67(57,58)63-43-47(52)41-61-50(55)39-37-35-33-31-29-27-25-23-20-18-16-14-12-10-8-6-4-2/h5,7,11,13,17-20,22,24,28,30,34,36,47-49,52-54H,3-4,6,8-10,12,14-16,21,23,25-27,29,31-33,35,37-46H2,1-2H3,(H,57,58)(H,59,60)/b7-5-,13-11-,19-17-,20-18+,24-22-,30-28-,36-34-. The van der Waals surface area contributed by atoms with Crippen LogP contribution in [0.4, 0.5) is 0 Å². The van der Waals surface area contributed by atoms with Crippen LogP contribution in [0.5, 0.6) is 0 Å². The number of aliphatic hydroxyl groups is 3. The molecular formula is C51H88O15P2. The summed E-state index contributed by atoms with van der Waals surface area (Å²) < 4.78 is 53.0. The first-order valence-corrected chi connectivity index (χ1v) is 27.9. The average molecular weight is 1000 g/mol. The molecule has 0 aromatic heterocycles. The molecule has 0 aromatic carbocycles. The number of hydrogen-bond acceptors (Lipinski definition) is 13. The van der Waals surface area contributed by atoms with Crippen molar-refractivity contribution in [3.05, 3.63) is 85.1 Å². The van der Waals surface area contributed by atoms with E-state index in [0.717, 1.165) is 64.2 Å². The summed E-state index contributed by atoms with van der Waals surface area (Å²) in [6, 6.07) is 0. The molecule has 0 aliphatic heterocycles. The van der Waals surface area contributed by atoms with Crippen molar-refractivity contribution in [3.8, 4) is 0 Å². The van der Waals surface area contributed by atoms with Crippen LogP contribution in [0.1, 0.15) is 168 Å². The predicted octanol–water partition coefficient (Wildman–Crippen LogP) is 11.7. The minimum atomic E-state index is -4.81. The van der Waals surface area contributed by atoms with E-state index in [1.807, 2.05) is 18.2 Å². The Morgan fingerprint density at radius 2 is 0.706 bits per heavy atom. The van der Waals surface area contributed by atoms with E-state index in [1.165, 1.54) is 57.8 Å². The zero-order chi connectivity index (χ0) is 50.2. The quantitative estimate of drug-likeness (QED) is 0.0165. The van der Waals surface area contributed by atoms with Crippen molar-refractivity contribution in [1.82, 2.24) is 0 Å². The Kier molecular flexibility index (Phi) is 44.7. The third-order valence-electron chi connectivity index (χ3n) is 9.85. The molecular weight excluding hydrogens is 914 g/mol. The second-order valence-electron chi connectivity index (χ2n) is 16.4. The van der Waals surface area contributed by atoms with E-state index in [4.69, 9.17) is 9.47 Å². The Labute approximate surface area is 408 Å². The van der Waals surface area contributed by atoms with Gasteiger partial charge < -0.3 is 34.6 Å². The summed E-state index contributed by atoms with van der Waals surface area (Å²) in [5.74, 6) is -1.09. The summed E-state index contributed by atoms with van der Waals surface area (Å²) >= 11 is 0. The summed E-state index contributed by atoms with van der Waals surface area (Å²) in [6.07, 6.45) is 48.7.